The zero-order valence-corrected chi connectivity index (χ0v) is 11.0. The van der Waals surface area contributed by atoms with Crippen molar-refractivity contribution in [3.05, 3.63) is 29.8 Å². The molecule has 1 aliphatic rings. The van der Waals surface area contributed by atoms with Crippen molar-refractivity contribution in [2.75, 3.05) is 13.1 Å². The Labute approximate surface area is 116 Å². The number of benzene rings is 1. The minimum absolute atomic E-state index is 0.127. The first-order valence-electron chi connectivity index (χ1n) is 6.55. The number of carboxylic acids is 1. The van der Waals surface area contributed by atoms with E-state index < -0.39 is 12.0 Å². The number of rotatable bonds is 6. The van der Waals surface area contributed by atoms with Crippen molar-refractivity contribution < 1.29 is 19.8 Å². The lowest BCUT2D eigenvalue weighted by Crippen LogP contribution is -2.47. The summed E-state index contributed by atoms with van der Waals surface area (Å²) >= 11 is 0. The average molecular weight is 278 g/mol. The van der Waals surface area contributed by atoms with Gasteiger partial charge in [0, 0.05) is 12.8 Å². The van der Waals surface area contributed by atoms with Gasteiger partial charge in [0.25, 0.3) is 0 Å². The van der Waals surface area contributed by atoms with Crippen molar-refractivity contribution in [3.8, 4) is 5.75 Å². The zero-order valence-electron chi connectivity index (χ0n) is 11.0. The van der Waals surface area contributed by atoms with Gasteiger partial charge in [-0.25, -0.2) is 4.79 Å². The summed E-state index contributed by atoms with van der Waals surface area (Å²) in [6, 6.07) is 5.34. The molecule has 1 aromatic carbocycles. The number of aliphatic carboxylic acids is 1. The first-order valence-corrected chi connectivity index (χ1v) is 6.55. The molecule has 6 heteroatoms. The van der Waals surface area contributed by atoms with Gasteiger partial charge in [0.1, 0.15) is 11.8 Å². The number of carbonyl (C=O) groups excluding carboxylic acids is 1. The normalized spacial score (nSPS) is 16.2. The van der Waals surface area contributed by atoms with Crippen molar-refractivity contribution >= 4 is 11.9 Å². The molecular weight excluding hydrogens is 260 g/mol. The van der Waals surface area contributed by atoms with E-state index in [0.717, 1.165) is 18.7 Å². The zero-order chi connectivity index (χ0) is 14.5. The summed E-state index contributed by atoms with van der Waals surface area (Å²) in [6.45, 7) is 1.62. The lowest BCUT2D eigenvalue weighted by Gasteiger charge is -2.27. The maximum atomic E-state index is 11.8. The van der Waals surface area contributed by atoms with Crippen LogP contribution in [0.5, 0.6) is 5.75 Å². The van der Waals surface area contributed by atoms with E-state index in [-0.39, 0.29) is 18.1 Å². The van der Waals surface area contributed by atoms with Crippen molar-refractivity contribution in [3.63, 3.8) is 0 Å². The molecule has 2 rings (SSSR count). The second-order valence-electron chi connectivity index (χ2n) is 5.06. The highest BCUT2D eigenvalue weighted by atomic mass is 16.4. The van der Waals surface area contributed by atoms with E-state index in [1.807, 2.05) is 0 Å². The number of phenolic OH excluding ortho intramolecular Hbond substituents is 1. The van der Waals surface area contributed by atoms with E-state index in [1.165, 1.54) is 12.1 Å². The highest BCUT2D eigenvalue weighted by Crippen LogP contribution is 2.12. The van der Waals surface area contributed by atoms with Crippen molar-refractivity contribution in [1.29, 1.82) is 0 Å². The van der Waals surface area contributed by atoms with Crippen LogP contribution in [0.4, 0.5) is 0 Å². The first-order chi connectivity index (χ1) is 9.54. The highest BCUT2D eigenvalue weighted by Gasteiger charge is 2.24. The van der Waals surface area contributed by atoms with Gasteiger partial charge in [0.2, 0.25) is 5.91 Å². The van der Waals surface area contributed by atoms with Crippen LogP contribution in [0.2, 0.25) is 0 Å². The average Bonchev–Trinajstić information content (AvgIpc) is 2.35. The van der Waals surface area contributed by atoms with Crippen LogP contribution in [0.15, 0.2) is 24.3 Å². The molecule has 1 heterocycles. The van der Waals surface area contributed by atoms with Gasteiger partial charge < -0.3 is 20.8 Å². The second-order valence-corrected chi connectivity index (χ2v) is 5.06. The molecular formula is C14H18N2O4. The van der Waals surface area contributed by atoms with Crippen LogP contribution in [0, 0.1) is 5.92 Å². The SMILES string of the molecule is O=C(CC1CNC1)N[C@H](Cc1ccc(O)cc1)C(=O)O. The number of hydrogen-bond acceptors (Lipinski definition) is 4. The molecule has 4 N–H and O–H groups in total. The Bertz CT molecular complexity index is 482. The third-order valence-corrected chi connectivity index (χ3v) is 3.35. The molecule has 1 atom stereocenters. The number of aromatic hydroxyl groups is 1. The van der Waals surface area contributed by atoms with Gasteiger partial charge in [-0.1, -0.05) is 12.1 Å². The molecule has 0 radical (unpaired) electrons. The Morgan fingerprint density at radius 3 is 2.45 bits per heavy atom. The van der Waals surface area contributed by atoms with Gasteiger partial charge >= 0.3 is 5.97 Å². The van der Waals surface area contributed by atoms with E-state index in [9.17, 15) is 14.7 Å². The van der Waals surface area contributed by atoms with Crippen LogP contribution < -0.4 is 10.6 Å². The molecule has 1 aromatic rings. The predicted molar refractivity (Wildman–Crippen MR) is 72.4 cm³/mol. The number of phenols is 1. The standard InChI is InChI=1S/C14H18N2O4/c17-11-3-1-9(2-4-11)5-12(14(19)20)16-13(18)6-10-7-15-8-10/h1-4,10,12,15,17H,5-8H2,(H,16,18)(H,19,20)/t12-/m1/s1. The maximum absolute atomic E-state index is 11.8. The maximum Gasteiger partial charge on any atom is 0.326 e. The fourth-order valence-electron chi connectivity index (χ4n) is 2.08. The molecule has 108 valence electrons. The Morgan fingerprint density at radius 2 is 1.95 bits per heavy atom. The lowest BCUT2D eigenvalue weighted by molar-refractivity contribution is -0.142. The fraction of sp³-hybridized carbons (Fsp3) is 0.429. The molecule has 1 fully saturated rings. The minimum atomic E-state index is -1.06. The highest BCUT2D eigenvalue weighted by molar-refractivity contribution is 5.83. The van der Waals surface area contributed by atoms with Gasteiger partial charge in [-0.3, -0.25) is 4.79 Å². The number of amides is 1. The molecule has 0 unspecified atom stereocenters. The topological polar surface area (TPSA) is 98.7 Å². The summed E-state index contributed by atoms with van der Waals surface area (Å²) in [7, 11) is 0. The van der Waals surface area contributed by atoms with Crippen LogP contribution in [-0.4, -0.2) is 41.2 Å². The second kappa shape index (κ2) is 6.38. The summed E-state index contributed by atoms with van der Waals surface area (Å²) in [5, 5.41) is 24.0. The van der Waals surface area contributed by atoms with Gasteiger partial charge in [-0.2, -0.15) is 0 Å². The van der Waals surface area contributed by atoms with Gasteiger partial charge in [0.05, 0.1) is 0 Å². The number of nitrogens with one attached hydrogen (secondary N) is 2. The molecule has 0 saturated carbocycles. The lowest BCUT2D eigenvalue weighted by atomic mass is 9.98. The van der Waals surface area contributed by atoms with E-state index in [4.69, 9.17) is 5.11 Å². The minimum Gasteiger partial charge on any atom is -0.508 e. The number of hydrogen-bond donors (Lipinski definition) is 4. The van der Waals surface area contributed by atoms with Crippen LogP contribution in [0.25, 0.3) is 0 Å². The monoisotopic (exact) mass is 278 g/mol. The van der Waals surface area contributed by atoms with Crippen LogP contribution in [-0.2, 0) is 16.0 Å². The van der Waals surface area contributed by atoms with E-state index in [0.29, 0.717) is 12.3 Å². The van der Waals surface area contributed by atoms with Crippen LogP contribution in [0.3, 0.4) is 0 Å². The summed E-state index contributed by atoms with van der Waals surface area (Å²) in [5.41, 5.74) is 0.751. The molecule has 0 bridgehead atoms. The summed E-state index contributed by atoms with van der Waals surface area (Å²) < 4.78 is 0. The van der Waals surface area contributed by atoms with E-state index in [2.05, 4.69) is 10.6 Å². The molecule has 1 saturated heterocycles. The quantitative estimate of drug-likeness (QED) is 0.592. The first kappa shape index (κ1) is 14.3. The summed E-state index contributed by atoms with van der Waals surface area (Å²) in [6.07, 6.45) is 0.552. The molecule has 0 aliphatic carbocycles. The van der Waals surface area contributed by atoms with Gasteiger partial charge in [0.15, 0.2) is 0 Å². The third-order valence-electron chi connectivity index (χ3n) is 3.35. The van der Waals surface area contributed by atoms with Gasteiger partial charge in [-0.15, -0.1) is 0 Å². The summed E-state index contributed by atoms with van der Waals surface area (Å²) in [4.78, 5) is 23.0. The van der Waals surface area contributed by atoms with Crippen molar-refractivity contribution in [1.82, 2.24) is 10.6 Å². The Morgan fingerprint density at radius 1 is 1.30 bits per heavy atom. The Hall–Kier alpha value is -2.08. The third kappa shape index (κ3) is 3.96. The predicted octanol–water partition coefficient (Wildman–Crippen LogP) is 0.114. The van der Waals surface area contributed by atoms with Crippen LogP contribution >= 0.6 is 0 Å². The van der Waals surface area contributed by atoms with E-state index in [1.54, 1.807) is 12.1 Å². The molecule has 1 amide bonds. The largest absolute Gasteiger partial charge is 0.508 e. The molecule has 0 spiro atoms. The molecule has 1 aliphatic heterocycles. The fourth-order valence-corrected chi connectivity index (χ4v) is 2.08. The molecule has 20 heavy (non-hydrogen) atoms. The smallest absolute Gasteiger partial charge is 0.326 e. The number of carbonyl (C=O) groups is 2. The van der Waals surface area contributed by atoms with Crippen molar-refractivity contribution in [2.24, 2.45) is 5.92 Å². The van der Waals surface area contributed by atoms with Crippen molar-refractivity contribution in [2.45, 2.75) is 18.9 Å². The molecule has 6 nitrogen and oxygen atoms in total. The summed E-state index contributed by atoms with van der Waals surface area (Å²) in [5.74, 6) is -0.860. The number of carboxylic acid groups (broad SMARTS) is 1. The Balaban J connectivity index is 1.90. The van der Waals surface area contributed by atoms with Crippen LogP contribution in [0.1, 0.15) is 12.0 Å². The molecule has 0 aromatic heterocycles. The van der Waals surface area contributed by atoms with Gasteiger partial charge in [-0.05, 0) is 36.7 Å². The van der Waals surface area contributed by atoms with E-state index >= 15 is 0 Å². The Kier molecular flexibility index (Phi) is 4.57.